The zero-order valence-corrected chi connectivity index (χ0v) is 18.9. The lowest BCUT2D eigenvalue weighted by molar-refractivity contribution is -0.125. The van der Waals surface area contributed by atoms with Gasteiger partial charge < -0.3 is 24.7 Å². The molecule has 1 fully saturated rings. The SMILES string of the molecule is COc1ccc2c(c1)C(=O)N(CC1(c3cc4nc(Nc5ncccn5)ccc4o3)NC(=O)NC1=O)C2. The number of aromatic nitrogens is 3. The van der Waals surface area contributed by atoms with E-state index in [0.717, 1.165) is 5.56 Å². The summed E-state index contributed by atoms with van der Waals surface area (Å²) in [6, 6.07) is 11.2. The highest BCUT2D eigenvalue weighted by Crippen LogP contribution is 2.35. The van der Waals surface area contributed by atoms with Gasteiger partial charge in [-0.15, -0.1) is 0 Å². The summed E-state index contributed by atoms with van der Waals surface area (Å²) in [4.78, 5) is 52.7. The maximum Gasteiger partial charge on any atom is 0.322 e. The molecule has 36 heavy (non-hydrogen) atoms. The Kier molecular flexibility index (Phi) is 4.81. The quantitative estimate of drug-likeness (QED) is 0.349. The third-order valence-electron chi connectivity index (χ3n) is 6.17. The fourth-order valence-corrected chi connectivity index (χ4v) is 4.42. The lowest BCUT2D eigenvalue weighted by Crippen LogP contribution is -2.52. The number of fused-ring (bicyclic) bond motifs is 2. The van der Waals surface area contributed by atoms with Crippen LogP contribution >= 0.6 is 0 Å². The third kappa shape index (κ3) is 3.47. The Labute approximate surface area is 203 Å². The molecule has 2 aliphatic heterocycles. The van der Waals surface area contributed by atoms with Crippen LogP contribution in [0, 0.1) is 0 Å². The molecule has 3 N–H and O–H groups in total. The molecule has 1 atom stereocenters. The number of methoxy groups -OCH3 is 1. The Hall–Kier alpha value is -5.00. The fraction of sp³-hybridized carbons (Fsp3) is 0.167. The van der Waals surface area contributed by atoms with Gasteiger partial charge in [0.1, 0.15) is 22.8 Å². The van der Waals surface area contributed by atoms with E-state index >= 15 is 0 Å². The Bertz CT molecular complexity index is 1540. The molecular formula is C24H19N7O5. The van der Waals surface area contributed by atoms with E-state index < -0.39 is 17.5 Å². The van der Waals surface area contributed by atoms with E-state index in [-0.39, 0.29) is 24.8 Å². The second-order valence-corrected chi connectivity index (χ2v) is 8.39. The zero-order valence-electron chi connectivity index (χ0n) is 18.9. The van der Waals surface area contributed by atoms with E-state index in [4.69, 9.17) is 9.15 Å². The summed E-state index contributed by atoms with van der Waals surface area (Å²) in [5, 5.41) is 7.93. The van der Waals surface area contributed by atoms with Crippen LogP contribution in [0.2, 0.25) is 0 Å². The highest BCUT2D eigenvalue weighted by molar-refractivity contribution is 6.08. The van der Waals surface area contributed by atoms with Crippen LogP contribution in [0.1, 0.15) is 21.7 Å². The van der Waals surface area contributed by atoms with E-state index in [9.17, 15) is 14.4 Å². The van der Waals surface area contributed by atoms with Crippen molar-refractivity contribution in [3.63, 3.8) is 0 Å². The van der Waals surface area contributed by atoms with Crippen LogP contribution in [0.5, 0.6) is 5.75 Å². The van der Waals surface area contributed by atoms with E-state index in [1.54, 1.807) is 48.8 Å². The average molecular weight is 485 g/mol. The lowest BCUT2D eigenvalue weighted by Gasteiger charge is -2.28. The van der Waals surface area contributed by atoms with Crippen molar-refractivity contribution in [3.8, 4) is 5.75 Å². The molecule has 2 aliphatic rings. The summed E-state index contributed by atoms with van der Waals surface area (Å²) in [5.41, 5.74) is 0.499. The first kappa shape index (κ1) is 21.5. The van der Waals surface area contributed by atoms with Gasteiger partial charge in [-0.2, -0.15) is 0 Å². The second-order valence-electron chi connectivity index (χ2n) is 8.39. The minimum atomic E-state index is -1.63. The molecule has 12 nitrogen and oxygen atoms in total. The molecule has 5 heterocycles. The minimum absolute atomic E-state index is 0.136. The summed E-state index contributed by atoms with van der Waals surface area (Å²) < 4.78 is 11.2. The van der Waals surface area contributed by atoms with Gasteiger partial charge in [-0.1, -0.05) is 6.07 Å². The van der Waals surface area contributed by atoms with Crippen LogP contribution in [0.25, 0.3) is 11.1 Å². The Morgan fingerprint density at radius 2 is 1.97 bits per heavy atom. The molecule has 0 saturated carbocycles. The molecule has 0 bridgehead atoms. The number of rotatable bonds is 6. The maximum absolute atomic E-state index is 13.2. The zero-order chi connectivity index (χ0) is 24.9. The third-order valence-corrected chi connectivity index (χ3v) is 6.17. The van der Waals surface area contributed by atoms with Gasteiger partial charge in [0, 0.05) is 30.6 Å². The molecule has 4 amide bonds. The van der Waals surface area contributed by atoms with Gasteiger partial charge in [0.2, 0.25) is 5.95 Å². The number of carbonyl (C=O) groups excluding carboxylic acids is 3. The number of anilines is 2. The van der Waals surface area contributed by atoms with Gasteiger partial charge in [-0.05, 0) is 35.9 Å². The van der Waals surface area contributed by atoms with Crippen molar-refractivity contribution in [2.45, 2.75) is 12.1 Å². The first-order valence-electron chi connectivity index (χ1n) is 11.0. The normalized spacial score (nSPS) is 18.8. The van der Waals surface area contributed by atoms with Crippen molar-refractivity contribution in [3.05, 3.63) is 71.7 Å². The Morgan fingerprint density at radius 3 is 2.72 bits per heavy atom. The molecule has 180 valence electrons. The standard InChI is InChI=1S/C24H19N7O5/c1-35-14-4-3-13-11-31(20(32)15(13)9-14)12-24(21(33)29-23(34)30-24)18-10-16-17(36-18)5-6-19(27-16)28-22-25-7-2-8-26-22/h2-10H,11-12H2,1H3,(H,25,26,27,28)(H2,29,30,33,34). The number of urea groups is 1. The Morgan fingerprint density at radius 1 is 1.14 bits per heavy atom. The van der Waals surface area contributed by atoms with E-state index in [2.05, 4.69) is 30.9 Å². The van der Waals surface area contributed by atoms with Crippen molar-refractivity contribution in [2.75, 3.05) is 19.0 Å². The summed E-state index contributed by atoms with van der Waals surface area (Å²) in [6.07, 6.45) is 3.20. The molecular weight excluding hydrogens is 466 g/mol. The van der Waals surface area contributed by atoms with Crippen molar-refractivity contribution < 1.29 is 23.5 Å². The van der Waals surface area contributed by atoms with Gasteiger partial charge in [0.05, 0.1) is 13.7 Å². The number of pyridine rings is 1. The molecule has 4 aromatic rings. The molecule has 0 spiro atoms. The number of hydrogen-bond donors (Lipinski definition) is 3. The molecule has 12 heteroatoms. The minimum Gasteiger partial charge on any atom is -0.497 e. The molecule has 6 rings (SSSR count). The predicted molar refractivity (Wildman–Crippen MR) is 125 cm³/mol. The molecule has 1 aromatic carbocycles. The summed E-state index contributed by atoms with van der Waals surface area (Å²) in [6.45, 7) is 0.135. The summed E-state index contributed by atoms with van der Waals surface area (Å²) in [7, 11) is 1.52. The molecule has 0 aliphatic carbocycles. The summed E-state index contributed by atoms with van der Waals surface area (Å²) in [5.74, 6) is 0.650. The van der Waals surface area contributed by atoms with Crippen molar-refractivity contribution in [1.82, 2.24) is 30.5 Å². The van der Waals surface area contributed by atoms with Gasteiger partial charge >= 0.3 is 6.03 Å². The number of carbonyl (C=O) groups is 3. The number of imide groups is 1. The molecule has 1 unspecified atom stereocenters. The number of benzene rings is 1. The van der Waals surface area contributed by atoms with Crippen LogP contribution in [0.15, 0.2) is 59.3 Å². The van der Waals surface area contributed by atoms with E-state index in [1.807, 2.05) is 6.07 Å². The molecule has 1 saturated heterocycles. The predicted octanol–water partition coefficient (Wildman–Crippen LogP) is 2.06. The van der Waals surface area contributed by atoms with Crippen LogP contribution in [-0.4, -0.2) is 51.4 Å². The van der Waals surface area contributed by atoms with Crippen molar-refractivity contribution >= 4 is 40.7 Å². The van der Waals surface area contributed by atoms with Gasteiger partial charge in [-0.25, -0.2) is 19.7 Å². The first-order valence-corrected chi connectivity index (χ1v) is 11.0. The second kappa shape index (κ2) is 8.05. The van der Waals surface area contributed by atoms with Crippen LogP contribution in [0.3, 0.4) is 0 Å². The first-order chi connectivity index (χ1) is 17.4. The molecule has 0 radical (unpaired) electrons. The van der Waals surface area contributed by atoms with Crippen LogP contribution in [0.4, 0.5) is 16.6 Å². The lowest BCUT2D eigenvalue weighted by atomic mass is 9.95. The largest absolute Gasteiger partial charge is 0.497 e. The van der Waals surface area contributed by atoms with E-state index in [1.165, 1.54) is 12.0 Å². The van der Waals surface area contributed by atoms with E-state index in [0.29, 0.717) is 34.2 Å². The number of hydrogen-bond acceptors (Lipinski definition) is 9. The van der Waals surface area contributed by atoms with Crippen LogP contribution < -0.4 is 20.7 Å². The number of nitrogens with one attached hydrogen (secondary N) is 3. The van der Waals surface area contributed by atoms with Gasteiger partial charge in [0.25, 0.3) is 11.8 Å². The topological polar surface area (TPSA) is 152 Å². The average Bonchev–Trinajstić information content (AvgIpc) is 3.53. The number of nitrogens with zero attached hydrogens (tertiary/aromatic N) is 4. The highest BCUT2D eigenvalue weighted by Gasteiger charge is 2.53. The van der Waals surface area contributed by atoms with Gasteiger partial charge in [-0.3, -0.25) is 14.9 Å². The van der Waals surface area contributed by atoms with Crippen molar-refractivity contribution in [2.24, 2.45) is 0 Å². The molecule has 3 aromatic heterocycles. The smallest absolute Gasteiger partial charge is 0.322 e. The number of amides is 4. The fourth-order valence-electron chi connectivity index (χ4n) is 4.42. The highest BCUT2D eigenvalue weighted by atomic mass is 16.5. The Balaban J connectivity index is 1.34. The van der Waals surface area contributed by atoms with Crippen LogP contribution in [-0.2, 0) is 16.9 Å². The number of ether oxygens (including phenoxy) is 1. The maximum atomic E-state index is 13.2. The summed E-state index contributed by atoms with van der Waals surface area (Å²) >= 11 is 0. The number of furan rings is 1. The van der Waals surface area contributed by atoms with Crippen molar-refractivity contribution in [1.29, 1.82) is 0 Å². The van der Waals surface area contributed by atoms with Gasteiger partial charge in [0.15, 0.2) is 11.1 Å². The monoisotopic (exact) mass is 485 g/mol.